The van der Waals surface area contributed by atoms with Crippen LogP contribution in [0.3, 0.4) is 0 Å². The summed E-state index contributed by atoms with van der Waals surface area (Å²) in [6, 6.07) is 0.109. The van der Waals surface area contributed by atoms with Gasteiger partial charge in [-0.25, -0.2) is 4.79 Å². The van der Waals surface area contributed by atoms with E-state index in [0.717, 1.165) is 45.1 Å². The van der Waals surface area contributed by atoms with Crippen molar-refractivity contribution in [3.63, 3.8) is 0 Å². The minimum atomic E-state index is -0.587. The van der Waals surface area contributed by atoms with Gasteiger partial charge < -0.3 is 10.6 Å². The summed E-state index contributed by atoms with van der Waals surface area (Å²) >= 11 is 0. The summed E-state index contributed by atoms with van der Waals surface area (Å²) in [4.78, 5) is 26.4. The standard InChI is InChI=1S/C15H25N3O2/c19-13-15(8-4-2-1-3-5-9-15)17-14(20)18(13)11-12-7-6-10-16-12/h12,16H,1-11H2,(H,17,20). The average Bonchev–Trinajstić information content (AvgIpc) is 2.98. The molecular weight excluding hydrogens is 254 g/mol. The van der Waals surface area contributed by atoms with Gasteiger partial charge in [-0.05, 0) is 32.2 Å². The number of carbonyl (C=O) groups excluding carboxylic acids is 2. The fourth-order valence-electron chi connectivity index (χ4n) is 3.82. The topological polar surface area (TPSA) is 61.4 Å². The summed E-state index contributed by atoms with van der Waals surface area (Å²) in [5, 5.41) is 6.38. The van der Waals surface area contributed by atoms with E-state index in [9.17, 15) is 9.59 Å². The molecule has 0 aromatic carbocycles. The van der Waals surface area contributed by atoms with Crippen LogP contribution in [0, 0.1) is 0 Å². The van der Waals surface area contributed by atoms with Gasteiger partial charge in [0, 0.05) is 12.6 Å². The maximum atomic E-state index is 12.8. The molecule has 0 bridgehead atoms. The van der Waals surface area contributed by atoms with Crippen LogP contribution < -0.4 is 10.6 Å². The number of carbonyl (C=O) groups is 2. The lowest BCUT2D eigenvalue weighted by Crippen LogP contribution is -2.48. The Labute approximate surface area is 120 Å². The first-order valence-electron chi connectivity index (χ1n) is 8.09. The molecule has 5 nitrogen and oxygen atoms in total. The van der Waals surface area contributed by atoms with E-state index in [4.69, 9.17) is 0 Å². The predicted molar refractivity (Wildman–Crippen MR) is 76.3 cm³/mol. The third-order valence-corrected chi connectivity index (χ3v) is 5.02. The fourth-order valence-corrected chi connectivity index (χ4v) is 3.82. The maximum Gasteiger partial charge on any atom is 0.325 e. The lowest BCUT2D eigenvalue weighted by atomic mass is 9.84. The second-order valence-corrected chi connectivity index (χ2v) is 6.49. The third kappa shape index (κ3) is 2.55. The molecule has 0 radical (unpaired) electrons. The summed E-state index contributed by atoms with van der Waals surface area (Å²) in [6.07, 6.45) is 9.52. The van der Waals surface area contributed by atoms with Crippen molar-refractivity contribution in [3.8, 4) is 0 Å². The molecule has 1 atom stereocenters. The van der Waals surface area contributed by atoms with E-state index in [1.807, 2.05) is 0 Å². The van der Waals surface area contributed by atoms with Gasteiger partial charge in [0.05, 0.1) is 0 Å². The largest absolute Gasteiger partial charge is 0.325 e. The molecule has 1 saturated carbocycles. The van der Waals surface area contributed by atoms with Crippen molar-refractivity contribution in [2.24, 2.45) is 0 Å². The highest BCUT2D eigenvalue weighted by Gasteiger charge is 2.50. The zero-order valence-corrected chi connectivity index (χ0v) is 12.1. The minimum Gasteiger partial charge on any atom is -0.323 e. The van der Waals surface area contributed by atoms with Crippen molar-refractivity contribution in [1.29, 1.82) is 0 Å². The Kier molecular flexibility index (Phi) is 3.96. The van der Waals surface area contributed by atoms with Gasteiger partial charge >= 0.3 is 6.03 Å². The highest BCUT2D eigenvalue weighted by atomic mass is 16.2. The zero-order chi connectivity index (χ0) is 14.0. The highest BCUT2D eigenvalue weighted by Crippen LogP contribution is 2.32. The number of nitrogens with one attached hydrogen (secondary N) is 2. The van der Waals surface area contributed by atoms with Gasteiger partial charge in [-0.3, -0.25) is 9.69 Å². The molecule has 0 aromatic heterocycles. The molecule has 3 amide bonds. The van der Waals surface area contributed by atoms with Crippen LogP contribution in [0.1, 0.15) is 57.8 Å². The Morgan fingerprint density at radius 1 is 1.05 bits per heavy atom. The molecule has 5 heteroatoms. The van der Waals surface area contributed by atoms with E-state index in [0.29, 0.717) is 6.54 Å². The maximum absolute atomic E-state index is 12.8. The Morgan fingerprint density at radius 2 is 1.75 bits per heavy atom. The molecule has 20 heavy (non-hydrogen) atoms. The number of urea groups is 1. The van der Waals surface area contributed by atoms with Crippen molar-refractivity contribution in [2.45, 2.75) is 69.4 Å². The molecule has 2 N–H and O–H groups in total. The molecule has 2 saturated heterocycles. The SMILES string of the molecule is O=C1NC2(CCCCCCC2)C(=O)N1CC1CCCN1. The molecule has 1 aliphatic carbocycles. The van der Waals surface area contributed by atoms with E-state index in [-0.39, 0.29) is 18.0 Å². The minimum absolute atomic E-state index is 0.0260. The average molecular weight is 279 g/mol. The van der Waals surface area contributed by atoms with Gasteiger partial charge in [-0.15, -0.1) is 0 Å². The number of rotatable bonds is 2. The van der Waals surface area contributed by atoms with Crippen LogP contribution in [0.5, 0.6) is 0 Å². The van der Waals surface area contributed by atoms with Crippen LogP contribution in [0.15, 0.2) is 0 Å². The monoisotopic (exact) mass is 279 g/mol. The van der Waals surface area contributed by atoms with Gasteiger partial charge in [0.2, 0.25) is 0 Å². The zero-order valence-electron chi connectivity index (χ0n) is 12.1. The summed E-state index contributed by atoms with van der Waals surface area (Å²) < 4.78 is 0. The van der Waals surface area contributed by atoms with Crippen molar-refractivity contribution in [3.05, 3.63) is 0 Å². The van der Waals surface area contributed by atoms with E-state index in [2.05, 4.69) is 10.6 Å². The molecule has 112 valence electrons. The van der Waals surface area contributed by atoms with Crippen LogP contribution in [0.4, 0.5) is 4.79 Å². The van der Waals surface area contributed by atoms with Crippen molar-refractivity contribution >= 4 is 11.9 Å². The van der Waals surface area contributed by atoms with Crippen molar-refractivity contribution in [1.82, 2.24) is 15.5 Å². The van der Waals surface area contributed by atoms with Crippen molar-refractivity contribution in [2.75, 3.05) is 13.1 Å². The van der Waals surface area contributed by atoms with Gasteiger partial charge in [-0.1, -0.05) is 32.1 Å². The molecule has 0 aromatic rings. The number of hydrogen-bond donors (Lipinski definition) is 2. The lowest BCUT2D eigenvalue weighted by Gasteiger charge is -2.29. The van der Waals surface area contributed by atoms with Gasteiger partial charge in [0.15, 0.2) is 0 Å². The summed E-state index contributed by atoms with van der Waals surface area (Å²) in [7, 11) is 0. The summed E-state index contributed by atoms with van der Waals surface area (Å²) in [5.74, 6) is 0.0260. The summed E-state index contributed by atoms with van der Waals surface area (Å²) in [5.41, 5.74) is -0.587. The van der Waals surface area contributed by atoms with Crippen LogP contribution in [0.2, 0.25) is 0 Å². The molecule has 3 aliphatic rings. The number of imide groups is 1. The van der Waals surface area contributed by atoms with Gasteiger partial charge in [0.25, 0.3) is 5.91 Å². The van der Waals surface area contributed by atoms with E-state index in [1.54, 1.807) is 0 Å². The fraction of sp³-hybridized carbons (Fsp3) is 0.867. The summed E-state index contributed by atoms with van der Waals surface area (Å²) in [6.45, 7) is 1.53. The molecule has 2 aliphatic heterocycles. The third-order valence-electron chi connectivity index (χ3n) is 5.02. The van der Waals surface area contributed by atoms with Gasteiger partial charge in [0.1, 0.15) is 5.54 Å². The van der Waals surface area contributed by atoms with Crippen LogP contribution in [-0.2, 0) is 4.79 Å². The quantitative estimate of drug-likeness (QED) is 0.757. The number of hydrogen-bond acceptors (Lipinski definition) is 3. The second kappa shape index (κ2) is 5.72. The smallest absolute Gasteiger partial charge is 0.323 e. The normalized spacial score (nSPS) is 30.4. The second-order valence-electron chi connectivity index (χ2n) is 6.49. The lowest BCUT2D eigenvalue weighted by molar-refractivity contribution is -0.132. The van der Waals surface area contributed by atoms with Crippen molar-refractivity contribution < 1.29 is 9.59 Å². The first-order chi connectivity index (χ1) is 9.71. The van der Waals surface area contributed by atoms with Crippen LogP contribution >= 0.6 is 0 Å². The number of nitrogens with zero attached hydrogens (tertiary/aromatic N) is 1. The number of amides is 3. The van der Waals surface area contributed by atoms with Crippen LogP contribution in [0.25, 0.3) is 0 Å². The predicted octanol–water partition coefficient (Wildman–Crippen LogP) is 1.77. The van der Waals surface area contributed by atoms with Crippen LogP contribution in [-0.4, -0.2) is 41.5 Å². The Bertz CT molecular complexity index is 383. The van der Waals surface area contributed by atoms with E-state index in [1.165, 1.54) is 24.2 Å². The Hall–Kier alpha value is -1.10. The Balaban J connectivity index is 1.70. The highest BCUT2D eigenvalue weighted by molar-refractivity contribution is 6.07. The van der Waals surface area contributed by atoms with Gasteiger partial charge in [-0.2, -0.15) is 0 Å². The molecule has 1 unspecified atom stereocenters. The molecule has 3 rings (SSSR count). The first kappa shape index (κ1) is 13.9. The van der Waals surface area contributed by atoms with E-state index >= 15 is 0 Å². The first-order valence-corrected chi connectivity index (χ1v) is 8.09. The molecule has 2 heterocycles. The van der Waals surface area contributed by atoms with E-state index < -0.39 is 5.54 Å². The Morgan fingerprint density at radius 3 is 2.40 bits per heavy atom. The molecular formula is C15H25N3O2. The molecule has 3 fully saturated rings. The molecule has 1 spiro atoms.